The van der Waals surface area contributed by atoms with Gasteiger partial charge in [0.2, 0.25) is 11.8 Å². The molecule has 6 heteroatoms. The fourth-order valence-electron chi connectivity index (χ4n) is 3.32. The van der Waals surface area contributed by atoms with Gasteiger partial charge in [0.05, 0.1) is 5.69 Å². The lowest BCUT2D eigenvalue weighted by Gasteiger charge is -2.27. The first-order valence-corrected chi connectivity index (χ1v) is 9.06. The Morgan fingerprint density at radius 3 is 1.96 bits per heavy atom. The molecule has 2 aromatic carbocycles. The second-order valence-electron chi connectivity index (χ2n) is 7.02. The first kappa shape index (κ1) is 19.0. The summed E-state index contributed by atoms with van der Waals surface area (Å²) in [5, 5.41) is 5.43. The van der Waals surface area contributed by atoms with E-state index >= 15 is 0 Å². The average molecular weight is 372 g/mol. The average Bonchev–Trinajstić information content (AvgIpc) is 2.66. The van der Waals surface area contributed by atoms with E-state index in [1.165, 1.54) is 6.07 Å². The largest absolute Gasteiger partial charge is 0.326 e. The topological polar surface area (TPSA) is 58.2 Å². The second-order valence-corrected chi connectivity index (χ2v) is 7.02. The molecule has 0 atom stereocenters. The summed E-state index contributed by atoms with van der Waals surface area (Å²) in [6, 6.07) is 10.7. The maximum Gasteiger partial charge on any atom is 0.227 e. The summed E-state index contributed by atoms with van der Waals surface area (Å²) in [6.07, 6.45) is 2.31. The van der Waals surface area contributed by atoms with Crippen molar-refractivity contribution in [2.24, 2.45) is 11.8 Å². The molecule has 0 unspecified atom stereocenters. The Hall–Kier alpha value is -2.76. The molecule has 142 valence electrons. The SMILES string of the molecule is Cc1ccc(NC(=O)C2CCC(C(=O)Nc3ccc(F)cc3F)CC2)cc1. The fraction of sp³-hybridized carbons (Fsp3) is 0.333. The minimum atomic E-state index is -0.797. The number of benzene rings is 2. The van der Waals surface area contributed by atoms with Crippen molar-refractivity contribution in [1.82, 2.24) is 0 Å². The van der Waals surface area contributed by atoms with Crippen LogP contribution in [0, 0.1) is 30.4 Å². The number of carbonyl (C=O) groups excluding carboxylic acids is 2. The molecule has 2 amide bonds. The summed E-state index contributed by atoms with van der Waals surface area (Å²) in [5.41, 5.74) is 1.86. The lowest BCUT2D eigenvalue weighted by atomic mass is 9.81. The van der Waals surface area contributed by atoms with Crippen LogP contribution in [0.4, 0.5) is 20.2 Å². The van der Waals surface area contributed by atoms with E-state index in [2.05, 4.69) is 10.6 Å². The van der Waals surface area contributed by atoms with Crippen LogP contribution in [0.5, 0.6) is 0 Å². The summed E-state index contributed by atoms with van der Waals surface area (Å²) < 4.78 is 26.6. The van der Waals surface area contributed by atoms with Crippen molar-refractivity contribution in [2.75, 3.05) is 10.6 Å². The third kappa shape index (κ3) is 4.90. The van der Waals surface area contributed by atoms with Gasteiger partial charge < -0.3 is 10.6 Å². The molecule has 0 heterocycles. The van der Waals surface area contributed by atoms with Crippen molar-refractivity contribution >= 4 is 23.2 Å². The molecule has 27 heavy (non-hydrogen) atoms. The maximum atomic E-state index is 13.7. The molecule has 0 radical (unpaired) electrons. The fourth-order valence-corrected chi connectivity index (χ4v) is 3.32. The zero-order chi connectivity index (χ0) is 19.4. The highest BCUT2D eigenvalue weighted by atomic mass is 19.1. The number of nitrogens with one attached hydrogen (secondary N) is 2. The third-order valence-electron chi connectivity index (χ3n) is 4.98. The Bertz CT molecular complexity index is 829. The van der Waals surface area contributed by atoms with E-state index in [-0.39, 0.29) is 29.3 Å². The van der Waals surface area contributed by atoms with E-state index < -0.39 is 11.6 Å². The zero-order valence-corrected chi connectivity index (χ0v) is 15.1. The zero-order valence-electron chi connectivity index (χ0n) is 15.1. The number of halogens is 2. The van der Waals surface area contributed by atoms with Crippen LogP contribution >= 0.6 is 0 Å². The predicted octanol–water partition coefficient (Wildman–Crippen LogP) is 4.66. The van der Waals surface area contributed by atoms with E-state index in [1.807, 2.05) is 31.2 Å². The molecule has 2 aromatic rings. The van der Waals surface area contributed by atoms with Gasteiger partial charge in [-0.2, -0.15) is 0 Å². The lowest BCUT2D eigenvalue weighted by Crippen LogP contribution is -2.32. The van der Waals surface area contributed by atoms with Gasteiger partial charge in [0, 0.05) is 23.6 Å². The first-order valence-electron chi connectivity index (χ1n) is 9.06. The standard InChI is InChI=1S/C21H22F2N2O2/c1-13-2-9-17(10-3-13)24-20(26)14-4-6-15(7-5-14)21(27)25-19-11-8-16(22)12-18(19)23/h2-3,8-12,14-15H,4-7H2,1H3,(H,24,26)(H,25,27). The molecule has 1 aliphatic carbocycles. The summed E-state index contributed by atoms with van der Waals surface area (Å²) in [5.74, 6) is -2.24. The van der Waals surface area contributed by atoms with E-state index in [1.54, 1.807) is 0 Å². The quantitative estimate of drug-likeness (QED) is 0.820. The Balaban J connectivity index is 1.51. The Morgan fingerprint density at radius 2 is 1.41 bits per heavy atom. The molecule has 0 bridgehead atoms. The van der Waals surface area contributed by atoms with Crippen LogP contribution in [0.3, 0.4) is 0 Å². The number of carbonyl (C=O) groups is 2. The normalized spacial score (nSPS) is 19.4. The number of rotatable bonds is 4. The summed E-state index contributed by atoms with van der Waals surface area (Å²) in [4.78, 5) is 24.7. The number of hydrogen-bond acceptors (Lipinski definition) is 2. The van der Waals surface area contributed by atoms with Crippen molar-refractivity contribution in [1.29, 1.82) is 0 Å². The molecule has 0 aliphatic heterocycles. The number of aryl methyl sites for hydroxylation is 1. The van der Waals surface area contributed by atoms with Gasteiger partial charge in [-0.3, -0.25) is 9.59 Å². The van der Waals surface area contributed by atoms with Crippen molar-refractivity contribution in [3.05, 3.63) is 59.7 Å². The molecule has 1 saturated carbocycles. The van der Waals surface area contributed by atoms with Crippen LogP contribution < -0.4 is 10.6 Å². The Kier molecular flexibility index (Phi) is 5.84. The second kappa shape index (κ2) is 8.29. The highest BCUT2D eigenvalue weighted by Gasteiger charge is 2.30. The maximum absolute atomic E-state index is 13.7. The van der Waals surface area contributed by atoms with E-state index in [9.17, 15) is 18.4 Å². The summed E-state index contributed by atoms with van der Waals surface area (Å²) >= 11 is 0. The van der Waals surface area contributed by atoms with E-state index in [4.69, 9.17) is 0 Å². The van der Waals surface area contributed by atoms with Crippen LogP contribution in [-0.4, -0.2) is 11.8 Å². The van der Waals surface area contributed by atoms with Gasteiger partial charge in [-0.15, -0.1) is 0 Å². The van der Waals surface area contributed by atoms with Crippen LogP contribution in [0.2, 0.25) is 0 Å². The Labute approximate surface area is 157 Å². The van der Waals surface area contributed by atoms with Gasteiger partial charge in [0.1, 0.15) is 11.6 Å². The van der Waals surface area contributed by atoms with Gasteiger partial charge in [0.15, 0.2) is 0 Å². The van der Waals surface area contributed by atoms with Crippen LogP contribution in [0.1, 0.15) is 31.2 Å². The number of anilines is 2. The molecule has 0 spiro atoms. The minimum Gasteiger partial charge on any atom is -0.326 e. The van der Waals surface area contributed by atoms with Crippen LogP contribution in [-0.2, 0) is 9.59 Å². The Morgan fingerprint density at radius 1 is 0.852 bits per heavy atom. The predicted molar refractivity (Wildman–Crippen MR) is 100 cm³/mol. The van der Waals surface area contributed by atoms with Gasteiger partial charge in [-0.05, 0) is 56.9 Å². The molecular weight excluding hydrogens is 350 g/mol. The number of hydrogen-bond donors (Lipinski definition) is 2. The molecule has 1 fully saturated rings. The highest BCUT2D eigenvalue weighted by Crippen LogP contribution is 2.31. The lowest BCUT2D eigenvalue weighted by molar-refractivity contribution is -0.125. The molecule has 0 aromatic heterocycles. The molecule has 4 nitrogen and oxygen atoms in total. The van der Waals surface area contributed by atoms with E-state index in [0.29, 0.717) is 25.7 Å². The van der Waals surface area contributed by atoms with E-state index in [0.717, 1.165) is 23.4 Å². The summed E-state index contributed by atoms with van der Waals surface area (Å²) in [6.45, 7) is 1.98. The van der Waals surface area contributed by atoms with Gasteiger partial charge in [-0.1, -0.05) is 17.7 Å². The van der Waals surface area contributed by atoms with Crippen molar-refractivity contribution < 1.29 is 18.4 Å². The smallest absolute Gasteiger partial charge is 0.227 e. The van der Waals surface area contributed by atoms with Gasteiger partial charge in [0.25, 0.3) is 0 Å². The van der Waals surface area contributed by atoms with Crippen molar-refractivity contribution in [3.8, 4) is 0 Å². The van der Waals surface area contributed by atoms with Crippen molar-refractivity contribution in [3.63, 3.8) is 0 Å². The molecular formula is C21H22F2N2O2. The third-order valence-corrected chi connectivity index (χ3v) is 4.98. The van der Waals surface area contributed by atoms with Gasteiger partial charge >= 0.3 is 0 Å². The molecule has 0 saturated heterocycles. The number of amides is 2. The summed E-state index contributed by atoms with van der Waals surface area (Å²) in [7, 11) is 0. The minimum absolute atomic E-state index is 0.0272. The molecule has 2 N–H and O–H groups in total. The molecule has 3 rings (SSSR count). The van der Waals surface area contributed by atoms with Crippen molar-refractivity contribution in [2.45, 2.75) is 32.6 Å². The highest BCUT2D eigenvalue weighted by molar-refractivity contribution is 5.94. The van der Waals surface area contributed by atoms with Crippen LogP contribution in [0.25, 0.3) is 0 Å². The first-order chi connectivity index (χ1) is 12.9. The van der Waals surface area contributed by atoms with Crippen LogP contribution in [0.15, 0.2) is 42.5 Å². The molecule has 1 aliphatic rings. The monoisotopic (exact) mass is 372 g/mol. The van der Waals surface area contributed by atoms with Gasteiger partial charge in [-0.25, -0.2) is 8.78 Å².